The molecule has 0 aliphatic heterocycles. The van der Waals surface area contributed by atoms with Crippen LogP contribution in [0, 0.1) is 0 Å². The van der Waals surface area contributed by atoms with E-state index in [1.54, 1.807) is 0 Å². The number of rotatable bonds is 10. The van der Waals surface area contributed by atoms with Gasteiger partial charge in [0.1, 0.15) is 11.5 Å². The zero-order valence-electron chi connectivity index (χ0n) is 16.0. The molecule has 0 aliphatic rings. The van der Waals surface area contributed by atoms with Gasteiger partial charge < -0.3 is 14.4 Å². The third kappa shape index (κ3) is 7.95. The van der Waals surface area contributed by atoms with E-state index in [9.17, 15) is 4.79 Å². The Labute approximate surface area is 174 Å². The van der Waals surface area contributed by atoms with Crippen molar-refractivity contribution in [2.75, 3.05) is 33.0 Å². The van der Waals surface area contributed by atoms with Gasteiger partial charge >= 0.3 is 5.97 Å². The largest absolute Gasteiger partial charge is 0.466 e. The van der Waals surface area contributed by atoms with Gasteiger partial charge in [0, 0.05) is 28.1 Å². The van der Waals surface area contributed by atoms with Crippen molar-refractivity contribution in [1.82, 2.24) is 4.90 Å². The molecule has 0 saturated heterocycles. The fraction of sp³-hybridized carbons (Fsp3) is 0.381. The normalized spacial score (nSPS) is 10.9. The summed E-state index contributed by atoms with van der Waals surface area (Å²) in [5.41, 5.74) is 2.02. The maximum Gasteiger partial charge on any atom is 0.310 e. The summed E-state index contributed by atoms with van der Waals surface area (Å²) >= 11 is 5.42. The molecule has 0 radical (unpaired) electrons. The lowest BCUT2D eigenvalue weighted by atomic mass is 10.1. The molecule has 2 aromatic carbocycles. The lowest BCUT2D eigenvalue weighted by Crippen LogP contribution is -2.14. The summed E-state index contributed by atoms with van der Waals surface area (Å²) in [4.78, 5) is 13.9. The first-order valence-corrected chi connectivity index (χ1v) is 10.9. The van der Waals surface area contributed by atoms with E-state index in [0.29, 0.717) is 6.61 Å². The minimum atomic E-state index is -0.226. The zero-order chi connectivity index (χ0) is 19.6. The topological polar surface area (TPSA) is 38.8 Å². The van der Waals surface area contributed by atoms with E-state index in [-0.39, 0.29) is 12.4 Å². The Kier molecular flexibility index (Phi) is 9.18. The molecule has 4 nitrogen and oxygen atoms in total. The maximum absolute atomic E-state index is 11.7. The van der Waals surface area contributed by atoms with Crippen LogP contribution in [0.4, 0.5) is 0 Å². The van der Waals surface area contributed by atoms with Crippen LogP contribution in [0.5, 0.6) is 11.5 Å². The van der Waals surface area contributed by atoms with Crippen LogP contribution in [0.3, 0.4) is 0 Å². The predicted molar refractivity (Wildman–Crippen MR) is 116 cm³/mol. The Balaban J connectivity index is 2.06. The smallest absolute Gasteiger partial charge is 0.310 e. The second-order valence-electron chi connectivity index (χ2n) is 6.34. The number of benzene rings is 2. The summed E-state index contributed by atoms with van der Waals surface area (Å²) < 4.78 is 12.2. The number of ether oxygens (including phenoxy) is 2. The number of hydrogen-bond donors (Lipinski definition) is 0. The Morgan fingerprint density at radius 3 is 2.74 bits per heavy atom. The Morgan fingerprint density at radius 2 is 2.00 bits per heavy atom. The molecule has 6 heteroatoms. The first kappa shape index (κ1) is 21.8. The molecule has 0 aliphatic carbocycles. The summed E-state index contributed by atoms with van der Waals surface area (Å²) in [6.07, 6.45) is 0.249. The molecule has 0 saturated carbocycles. The number of esters is 1. The molecule has 0 unspecified atom stereocenters. The van der Waals surface area contributed by atoms with Crippen molar-refractivity contribution in [2.45, 2.75) is 19.1 Å². The first-order valence-electron chi connectivity index (χ1n) is 8.91. The quantitative estimate of drug-likeness (QED) is 0.369. The molecule has 2 aromatic rings. The van der Waals surface area contributed by atoms with Gasteiger partial charge in [-0.25, -0.2) is 0 Å². The fourth-order valence-corrected chi connectivity index (χ4v) is 3.91. The highest BCUT2D eigenvalue weighted by molar-refractivity contribution is 9.10. The first-order chi connectivity index (χ1) is 13.0. The molecule has 2 rings (SSSR count). The molecule has 0 atom stereocenters. The van der Waals surface area contributed by atoms with Crippen LogP contribution >= 0.6 is 27.7 Å². The second kappa shape index (κ2) is 11.4. The van der Waals surface area contributed by atoms with E-state index in [1.807, 2.05) is 55.1 Å². The van der Waals surface area contributed by atoms with Gasteiger partial charge in [-0.3, -0.25) is 4.79 Å². The molecule has 27 heavy (non-hydrogen) atoms. The van der Waals surface area contributed by atoms with Gasteiger partial charge in [-0.05, 0) is 56.9 Å². The van der Waals surface area contributed by atoms with E-state index in [2.05, 4.69) is 41.0 Å². The Hall–Kier alpha value is -1.50. The summed E-state index contributed by atoms with van der Waals surface area (Å²) in [5, 5.41) is 0. The second-order valence-corrected chi connectivity index (χ2v) is 8.36. The van der Waals surface area contributed by atoms with Gasteiger partial charge in [0.05, 0.1) is 13.0 Å². The molecule has 0 heterocycles. The van der Waals surface area contributed by atoms with E-state index in [1.165, 1.54) is 0 Å². The van der Waals surface area contributed by atoms with E-state index < -0.39 is 0 Å². The molecular formula is C21H26BrNO3S. The molecular weight excluding hydrogens is 426 g/mol. The average Bonchev–Trinajstić information content (AvgIpc) is 2.61. The SMILES string of the molecule is CCOC(=O)Cc1cccc(Oc2ccc(Br)cc2CSCCN(C)C)c1. The van der Waals surface area contributed by atoms with Crippen molar-refractivity contribution in [3.05, 3.63) is 58.1 Å². The van der Waals surface area contributed by atoms with E-state index >= 15 is 0 Å². The molecule has 0 N–H and O–H groups in total. The number of carbonyl (C=O) groups is 1. The fourth-order valence-electron chi connectivity index (χ4n) is 2.41. The van der Waals surface area contributed by atoms with Crippen LogP contribution < -0.4 is 4.74 Å². The van der Waals surface area contributed by atoms with Crippen molar-refractivity contribution in [3.63, 3.8) is 0 Å². The van der Waals surface area contributed by atoms with Crippen molar-refractivity contribution >= 4 is 33.7 Å². The lowest BCUT2D eigenvalue weighted by Gasteiger charge is -2.13. The van der Waals surface area contributed by atoms with Crippen LogP contribution in [0.2, 0.25) is 0 Å². The number of halogens is 1. The van der Waals surface area contributed by atoms with Crippen LogP contribution in [0.15, 0.2) is 46.9 Å². The van der Waals surface area contributed by atoms with Gasteiger partial charge in [0.15, 0.2) is 0 Å². The van der Waals surface area contributed by atoms with Crippen molar-refractivity contribution in [2.24, 2.45) is 0 Å². The van der Waals surface area contributed by atoms with Crippen LogP contribution in [0.1, 0.15) is 18.1 Å². The highest BCUT2D eigenvalue weighted by Crippen LogP contribution is 2.31. The van der Waals surface area contributed by atoms with Gasteiger partial charge in [0.2, 0.25) is 0 Å². The molecule has 0 amide bonds. The lowest BCUT2D eigenvalue weighted by molar-refractivity contribution is -0.142. The van der Waals surface area contributed by atoms with Crippen LogP contribution in [-0.2, 0) is 21.7 Å². The predicted octanol–water partition coefficient (Wildman–Crippen LogP) is 5.14. The number of nitrogens with zero attached hydrogens (tertiary/aromatic N) is 1. The van der Waals surface area contributed by atoms with Crippen molar-refractivity contribution in [3.8, 4) is 11.5 Å². The Morgan fingerprint density at radius 1 is 1.19 bits per heavy atom. The number of thioether (sulfide) groups is 1. The third-order valence-electron chi connectivity index (χ3n) is 3.74. The third-order valence-corrected chi connectivity index (χ3v) is 5.22. The average molecular weight is 452 g/mol. The molecule has 0 fully saturated rings. The van der Waals surface area contributed by atoms with Gasteiger partial charge in [0.25, 0.3) is 0 Å². The summed E-state index contributed by atoms with van der Waals surface area (Å²) in [6.45, 7) is 3.25. The van der Waals surface area contributed by atoms with Gasteiger partial charge in [-0.1, -0.05) is 28.1 Å². The minimum absolute atomic E-state index is 0.226. The van der Waals surface area contributed by atoms with Crippen molar-refractivity contribution < 1.29 is 14.3 Å². The van der Waals surface area contributed by atoms with Crippen LogP contribution in [0.25, 0.3) is 0 Å². The maximum atomic E-state index is 11.7. The van der Waals surface area contributed by atoms with E-state index in [4.69, 9.17) is 9.47 Å². The number of hydrogen-bond acceptors (Lipinski definition) is 5. The monoisotopic (exact) mass is 451 g/mol. The summed E-state index contributed by atoms with van der Waals surface area (Å²) in [7, 11) is 4.16. The summed E-state index contributed by atoms with van der Waals surface area (Å²) in [5.74, 6) is 3.28. The highest BCUT2D eigenvalue weighted by Gasteiger charge is 2.09. The molecule has 0 bridgehead atoms. The highest BCUT2D eigenvalue weighted by atomic mass is 79.9. The van der Waals surface area contributed by atoms with Crippen LogP contribution in [-0.4, -0.2) is 43.9 Å². The number of carbonyl (C=O) groups excluding carboxylic acids is 1. The van der Waals surface area contributed by atoms with E-state index in [0.717, 1.165) is 45.1 Å². The Bertz CT molecular complexity index is 752. The van der Waals surface area contributed by atoms with Crippen molar-refractivity contribution in [1.29, 1.82) is 0 Å². The van der Waals surface area contributed by atoms with Gasteiger partial charge in [-0.15, -0.1) is 0 Å². The molecule has 0 aromatic heterocycles. The summed E-state index contributed by atoms with van der Waals surface area (Å²) in [6, 6.07) is 13.6. The standard InChI is InChI=1S/C21H26BrNO3S/c1-4-25-21(24)13-16-6-5-7-19(12-16)26-20-9-8-18(22)14-17(20)15-27-11-10-23(2)3/h5-9,12,14H,4,10-11,13,15H2,1-3H3. The molecule has 0 spiro atoms. The minimum Gasteiger partial charge on any atom is -0.466 e. The molecule has 146 valence electrons. The zero-order valence-corrected chi connectivity index (χ0v) is 18.4. The van der Waals surface area contributed by atoms with Gasteiger partial charge in [-0.2, -0.15) is 11.8 Å².